The molecule has 1 amide bonds. The van der Waals surface area contributed by atoms with E-state index in [2.05, 4.69) is 10.5 Å². The highest BCUT2D eigenvalue weighted by atomic mass is 16.5. The third kappa shape index (κ3) is 6.30. The van der Waals surface area contributed by atoms with Gasteiger partial charge in [-0.2, -0.15) is 5.10 Å². The second-order valence-corrected chi connectivity index (χ2v) is 5.81. The molecule has 0 spiro atoms. The Bertz CT molecular complexity index is 709. The molecule has 0 radical (unpaired) electrons. The van der Waals surface area contributed by atoms with E-state index in [0.29, 0.717) is 12.2 Å². The van der Waals surface area contributed by atoms with E-state index in [4.69, 9.17) is 9.47 Å². The van der Waals surface area contributed by atoms with Gasteiger partial charge in [0.1, 0.15) is 11.5 Å². The Morgan fingerprint density at radius 1 is 1.16 bits per heavy atom. The number of rotatable bonds is 8. The van der Waals surface area contributed by atoms with Gasteiger partial charge in [0.05, 0.1) is 18.9 Å². The zero-order valence-electron chi connectivity index (χ0n) is 14.9. The zero-order chi connectivity index (χ0) is 18.1. The van der Waals surface area contributed by atoms with Gasteiger partial charge in [0.25, 0.3) is 5.91 Å². The van der Waals surface area contributed by atoms with Crippen molar-refractivity contribution in [2.75, 3.05) is 6.61 Å². The van der Waals surface area contributed by atoms with Gasteiger partial charge in [-0.25, -0.2) is 5.43 Å². The molecule has 0 fully saturated rings. The predicted molar refractivity (Wildman–Crippen MR) is 99.5 cm³/mol. The smallest absolute Gasteiger partial charge is 0.271 e. The molecule has 1 N–H and O–H groups in total. The lowest BCUT2D eigenvalue weighted by molar-refractivity contribution is 0.0955. The van der Waals surface area contributed by atoms with Crippen LogP contribution in [0.3, 0.4) is 0 Å². The Labute approximate surface area is 148 Å². The second kappa shape index (κ2) is 9.47. The standard InChI is InChI=1S/C20H24N2O3/c1-4-12-24-18-10-8-17(9-11-18)20(23)22-21-14-16-6-5-7-19(13-16)25-15(2)3/h5-11,13-15H,4,12H2,1-3H3,(H,22,23)/b21-14-. The number of ether oxygens (including phenoxy) is 2. The van der Waals surface area contributed by atoms with Crippen LogP contribution in [-0.4, -0.2) is 24.8 Å². The van der Waals surface area contributed by atoms with Crippen LogP contribution in [0.1, 0.15) is 43.1 Å². The van der Waals surface area contributed by atoms with E-state index in [0.717, 1.165) is 23.5 Å². The van der Waals surface area contributed by atoms with Crippen molar-refractivity contribution in [1.29, 1.82) is 0 Å². The van der Waals surface area contributed by atoms with Crippen molar-refractivity contribution in [2.24, 2.45) is 5.10 Å². The van der Waals surface area contributed by atoms with E-state index in [1.165, 1.54) is 0 Å². The molecule has 0 aromatic heterocycles. The van der Waals surface area contributed by atoms with E-state index in [1.807, 2.05) is 45.0 Å². The van der Waals surface area contributed by atoms with E-state index in [-0.39, 0.29) is 12.0 Å². The van der Waals surface area contributed by atoms with E-state index in [9.17, 15) is 4.79 Å². The fraction of sp³-hybridized carbons (Fsp3) is 0.300. The molecule has 0 aliphatic carbocycles. The van der Waals surface area contributed by atoms with Crippen LogP contribution >= 0.6 is 0 Å². The highest BCUT2D eigenvalue weighted by molar-refractivity contribution is 5.95. The molecular formula is C20H24N2O3. The monoisotopic (exact) mass is 340 g/mol. The Morgan fingerprint density at radius 2 is 1.92 bits per heavy atom. The Balaban J connectivity index is 1.91. The fourth-order valence-electron chi connectivity index (χ4n) is 2.09. The Morgan fingerprint density at radius 3 is 2.60 bits per heavy atom. The summed E-state index contributed by atoms with van der Waals surface area (Å²) in [5.41, 5.74) is 3.89. The summed E-state index contributed by atoms with van der Waals surface area (Å²) in [7, 11) is 0. The van der Waals surface area contributed by atoms with Gasteiger partial charge in [0, 0.05) is 5.56 Å². The van der Waals surface area contributed by atoms with Crippen molar-refractivity contribution in [3.8, 4) is 11.5 Å². The number of hydrazone groups is 1. The van der Waals surface area contributed by atoms with Crippen LogP contribution < -0.4 is 14.9 Å². The molecule has 0 saturated carbocycles. The average Bonchev–Trinajstić information content (AvgIpc) is 2.60. The number of carbonyl (C=O) groups excluding carboxylic acids is 1. The molecule has 2 aromatic carbocycles. The highest BCUT2D eigenvalue weighted by Gasteiger charge is 2.04. The first-order chi connectivity index (χ1) is 12.1. The predicted octanol–water partition coefficient (Wildman–Crippen LogP) is 4.03. The van der Waals surface area contributed by atoms with Gasteiger partial charge in [-0.1, -0.05) is 19.1 Å². The lowest BCUT2D eigenvalue weighted by Crippen LogP contribution is -2.17. The van der Waals surface area contributed by atoms with Crippen molar-refractivity contribution in [3.63, 3.8) is 0 Å². The Hall–Kier alpha value is -2.82. The molecule has 132 valence electrons. The minimum Gasteiger partial charge on any atom is -0.494 e. The molecule has 5 heteroatoms. The van der Waals surface area contributed by atoms with Crippen molar-refractivity contribution in [1.82, 2.24) is 5.43 Å². The summed E-state index contributed by atoms with van der Waals surface area (Å²) < 4.78 is 11.1. The summed E-state index contributed by atoms with van der Waals surface area (Å²) in [6.07, 6.45) is 2.64. The molecule has 0 aliphatic heterocycles. The molecule has 0 heterocycles. The number of carbonyl (C=O) groups is 1. The van der Waals surface area contributed by atoms with Crippen LogP contribution in [0, 0.1) is 0 Å². The fourth-order valence-corrected chi connectivity index (χ4v) is 2.09. The van der Waals surface area contributed by atoms with Crippen molar-refractivity contribution in [2.45, 2.75) is 33.3 Å². The molecule has 2 aromatic rings. The van der Waals surface area contributed by atoms with Gasteiger partial charge in [-0.3, -0.25) is 4.79 Å². The lowest BCUT2D eigenvalue weighted by Gasteiger charge is -2.09. The van der Waals surface area contributed by atoms with Gasteiger partial charge in [-0.05, 0) is 62.2 Å². The molecule has 0 aliphatic rings. The molecule has 0 saturated heterocycles. The summed E-state index contributed by atoms with van der Waals surface area (Å²) in [4.78, 5) is 12.1. The molecule has 0 unspecified atom stereocenters. The number of amides is 1. The van der Waals surface area contributed by atoms with Gasteiger partial charge >= 0.3 is 0 Å². The molecule has 25 heavy (non-hydrogen) atoms. The minimum atomic E-state index is -0.270. The maximum absolute atomic E-state index is 12.1. The molecule has 0 atom stereocenters. The summed E-state index contributed by atoms with van der Waals surface area (Å²) in [5, 5.41) is 4.00. The number of nitrogens with one attached hydrogen (secondary N) is 1. The first kappa shape index (κ1) is 18.5. The van der Waals surface area contributed by atoms with Gasteiger partial charge in [-0.15, -0.1) is 0 Å². The third-order valence-electron chi connectivity index (χ3n) is 3.20. The first-order valence-corrected chi connectivity index (χ1v) is 8.41. The average molecular weight is 340 g/mol. The number of hydrogen-bond donors (Lipinski definition) is 1. The van der Waals surface area contributed by atoms with Crippen LogP contribution in [0.5, 0.6) is 11.5 Å². The topological polar surface area (TPSA) is 59.9 Å². The van der Waals surface area contributed by atoms with Gasteiger partial charge < -0.3 is 9.47 Å². The van der Waals surface area contributed by atoms with Crippen molar-refractivity contribution >= 4 is 12.1 Å². The largest absolute Gasteiger partial charge is 0.494 e. The summed E-state index contributed by atoms with van der Waals surface area (Å²) in [5.74, 6) is 1.25. The summed E-state index contributed by atoms with van der Waals surface area (Å²) in [6.45, 7) is 6.65. The summed E-state index contributed by atoms with van der Waals surface area (Å²) >= 11 is 0. The maximum Gasteiger partial charge on any atom is 0.271 e. The van der Waals surface area contributed by atoms with E-state index >= 15 is 0 Å². The van der Waals surface area contributed by atoms with Crippen molar-refractivity contribution in [3.05, 3.63) is 59.7 Å². The van der Waals surface area contributed by atoms with E-state index < -0.39 is 0 Å². The van der Waals surface area contributed by atoms with Crippen LogP contribution in [0.2, 0.25) is 0 Å². The SMILES string of the molecule is CCCOc1ccc(C(=O)N/N=C\c2cccc(OC(C)C)c2)cc1. The third-order valence-corrected chi connectivity index (χ3v) is 3.20. The molecule has 5 nitrogen and oxygen atoms in total. The quantitative estimate of drug-likeness (QED) is 0.583. The first-order valence-electron chi connectivity index (χ1n) is 8.41. The maximum atomic E-state index is 12.1. The van der Waals surface area contributed by atoms with Crippen LogP contribution in [-0.2, 0) is 0 Å². The molecule has 2 rings (SSSR count). The second-order valence-electron chi connectivity index (χ2n) is 5.81. The van der Waals surface area contributed by atoms with Crippen LogP contribution in [0.25, 0.3) is 0 Å². The van der Waals surface area contributed by atoms with Crippen molar-refractivity contribution < 1.29 is 14.3 Å². The summed E-state index contributed by atoms with van der Waals surface area (Å²) in [6, 6.07) is 14.5. The highest BCUT2D eigenvalue weighted by Crippen LogP contribution is 2.14. The lowest BCUT2D eigenvalue weighted by atomic mass is 10.2. The van der Waals surface area contributed by atoms with Crippen LogP contribution in [0.4, 0.5) is 0 Å². The molecule has 0 bridgehead atoms. The number of hydrogen-bond acceptors (Lipinski definition) is 4. The van der Waals surface area contributed by atoms with Gasteiger partial charge in [0.15, 0.2) is 0 Å². The van der Waals surface area contributed by atoms with E-state index in [1.54, 1.807) is 30.5 Å². The Kier molecular flexibility index (Phi) is 7.01. The number of nitrogens with zero attached hydrogens (tertiary/aromatic N) is 1. The molecular weight excluding hydrogens is 316 g/mol. The minimum absolute atomic E-state index is 0.108. The number of benzene rings is 2. The normalized spacial score (nSPS) is 10.9. The zero-order valence-corrected chi connectivity index (χ0v) is 14.9. The van der Waals surface area contributed by atoms with Crippen LogP contribution in [0.15, 0.2) is 53.6 Å². The van der Waals surface area contributed by atoms with Gasteiger partial charge in [0.2, 0.25) is 0 Å².